The van der Waals surface area contributed by atoms with Crippen LogP contribution in [0.25, 0.3) is 10.9 Å². The predicted molar refractivity (Wildman–Crippen MR) is 85.5 cm³/mol. The fourth-order valence-electron chi connectivity index (χ4n) is 2.58. The summed E-state index contributed by atoms with van der Waals surface area (Å²) in [5, 5.41) is 3.97. The second-order valence-corrected chi connectivity index (χ2v) is 6.16. The van der Waals surface area contributed by atoms with Crippen LogP contribution in [0.4, 0.5) is 0 Å². The molecule has 1 aromatic heterocycles. The summed E-state index contributed by atoms with van der Waals surface area (Å²) in [6, 6.07) is 5.58. The summed E-state index contributed by atoms with van der Waals surface area (Å²) in [5.74, 6) is 0. The van der Waals surface area contributed by atoms with Gasteiger partial charge in [-0.3, -0.25) is 9.36 Å². The lowest BCUT2D eigenvalue weighted by atomic mass is 10.1. The SMILES string of the molecule is O=c1c2cc(Br)ccc2ncn1CCCC1CNCCO1. The lowest BCUT2D eigenvalue weighted by Crippen LogP contribution is -2.38. The van der Waals surface area contributed by atoms with Gasteiger partial charge in [0.15, 0.2) is 0 Å². The number of benzene rings is 1. The number of nitrogens with zero attached hydrogens (tertiary/aromatic N) is 2. The molecule has 5 nitrogen and oxygen atoms in total. The number of halogens is 1. The average molecular weight is 352 g/mol. The first-order chi connectivity index (χ1) is 10.2. The van der Waals surface area contributed by atoms with Crippen LogP contribution in [0.1, 0.15) is 12.8 Å². The van der Waals surface area contributed by atoms with Gasteiger partial charge in [0.25, 0.3) is 5.56 Å². The number of hydrogen-bond donors (Lipinski definition) is 1. The molecule has 2 heterocycles. The van der Waals surface area contributed by atoms with Gasteiger partial charge in [-0.05, 0) is 31.0 Å². The van der Waals surface area contributed by atoms with Crippen molar-refractivity contribution in [2.24, 2.45) is 0 Å². The molecule has 3 rings (SSSR count). The van der Waals surface area contributed by atoms with Gasteiger partial charge in [-0.2, -0.15) is 0 Å². The third kappa shape index (κ3) is 3.51. The normalized spacial score (nSPS) is 19.0. The van der Waals surface area contributed by atoms with Crippen LogP contribution in [-0.4, -0.2) is 35.4 Å². The van der Waals surface area contributed by atoms with Gasteiger partial charge in [-0.25, -0.2) is 4.98 Å². The van der Waals surface area contributed by atoms with Crippen molar-refractivity contribution in [1.29, 1.82) is 0 Å². The van der Waals surface area contributed by atoms with Crippen LogP contribution in [0.2, 0.25) is 0 Å². The minimum Gasteiger partial charge on any atom is -0.376 e. The Labute approximate surface area is 131 Å². The van der Waals surface area contributed by atoms with Gasteiger partial charge in [0.05, 0.1) is 29.9 Å². The number of nitrogens with one attached hydrogen (secondary N) is 1. The van der Waals surface area contributed by atoms with E-state index in [1.807, 2.05) is 18.2 Å². The highest BCUT2D eigenvalue weighted by molar-refractivity contribution is 9.10. The summed E-state index contributed by atoms with van der Waals surface area (Å²) in [7, 11) is 0. The molecule has 21 heavy (non-hydrogen) atoms. The fourth-order valence-corrected chi connectivity index (χ4v) is 2.95. The molecular formula is C15H18BrN3O2. The molecule has 1 unspecified atom stereocenters. The zero-order valence-electron chi connectivity index (χ0n) is 11.7. The Hall–Kier alpha value is -1.24. The Morgan fingerprint density at radius 3 is 3.19 bits per heavy atom. The van der Waals surface area contributed by atoms with E-state index < -0.39 is 0 Å². The molecule has 0 aliphatic carbocycles. The molecule has 1 saturated heterocycles. The van der Waals surface area contributed by atoms with E-state index >= 15 is 0 Å². The average Bonchev–Trinajstić information content (AvgIpc) is 2.51. The highest BCUT2D eigenvalue weighted by atomic mass is 79.9. The molecule has 1 aliphatic heterocycles. The van der Waals surface area contributed by atoms with Gasteiger partial charge in [-0.1, -0.05) is 15.9 Å². The number of rotatable bonds is 4. The number of aryl methyl sites for hydroxylation is 1. The highest BCUT2D eigenvalue weighted by Crippen LogP contribution is 2.15. The maximum Gasteiger partial charge on any atom is 0.261 e. The number of aromatic nitrogens is 2. The van der Waals surface area contributed by atoms with E-state index in [2.05, 4.69) is 26.2 Å². The Balaban J connectivity index is 1.69. The molecule has 0 amide bonds. The van der Waals surface area contributed by atoms with Gasteiger partial charge in [0, 0.05) is 24.1 Å². The highest BCUT2D eigenvalue weighted by Gasteiger charge is 2.13. The molecule has 112 valence electrons. The van der Waals surface area contributed by atoms with E-state index in [4.69, 9.17) is 4.74 Å². The zero-order valence-corrected chi connectivity index (χ0v) is 13.3. The first-order valence-corrected chi connectivity index (χ1v) is 8.00. The van der Waals surface area contributed by atoms with Crippen molar-refractivity contribution in [2.45, 2.75) is 25.5 Å². The van der Waals surface area contributed by atoms with Crippen molar-refractivity contribution in [1.82, 2.24) is 14.9 Å². The first kappa shape index (κ1) is 14.7. The lowest BCUT2D eigenvalue weighted by Gasteiger charge is -2.23. The lowest BCUT2D eigenvalue weighted by molar-refractivity contribution is 0.0217. The molecule has 2 aromatic rings. The third-order valence-corrected chi connectivity index (χ3v) is 4.21. The van der Waals surface area contributed by atoms with Crippen LogP contribution in [-0.2, 0) is 11.3 Å². The smallest absolute Gasteiger partial charge is 0.261 e. The molecule has 1 N–H and O–H groups in total. The van der Waals surface area contributed by atoms with E-state index in [1.54, 1.807) is 10.9 Å². The Kier molecular flexibility index (Phi) is 4.67. The molecule has 1 atom stereocenters. The monoisotopic (exact) mass is 351 g/mol. The van der Waals surface area contributed by atoms with E-state index in [0.29, 0.717) is 11.9 Å². The first-order valence-electron chi connectivity index (χ1n) is 7.21. The van der Waals surface area contributed by atoms with Crippen LogP contribution >= 0.6 is 15.9 Å². The molecule has 0 bridgehead atoms. The van der Waals surface area contributed by atoms with E-state index in [0.717, 1.165) is 42.5 Å². The number of hydrogen-bond acceptors (Lipinski definition) is 4. The predicted octanol–water partition coefficient (Wildman–Crippen LogP) is 1.93. The maximum atomic E-state index is 12.4. The second-order valence-electron chi connectivity index (χ2n) is 5.24. The summed E-state index contributed by atoms with van der Waals surface area (Å²) < 4.78 is 8.24. The van der Waals surface area contributed by atoms with Gasteiger partial charge in [0.2, 0.25) is 0 Å². The van der Waals surface area contributed by atoms with Gasteiger partial charge >= 0.3 is 0 Å². The van der Waals surface area contributed by atoms with Crippen LogP contribution in [0.15, 0.2) is 33.8 Å². The largest absolute Gasteiger partial charge is 0.376 e. The van der Waals surface area contributed by atoms with Crippen molar-refractivity contribution >= 4 is 26.8 Å². The fraction of sp³-hybridized carbons (Fsp3) is 0.467. The quantitative estimate of drug-likeness (QED) is 0.914. The molecule has 6 heteroatoms. The van der Waals surface area contributed by atoms with Crippen molar-refractivity contribution in [2.75, 3.05) is 19.7 Å². The minimum atomic E-state index is 0.0176. The molecule has 1 aliphatic rings. The summed E-state index contributed by atoms with van der Waals surface area (Å²) in [6.07, 6.45) is 3.76. The molecule has 0 saturated carbocycles. The Morgan fingerprint density at radius 1 is 1.48 bits per heavy atom. The van der Waals surface area contributed by atoms with Crippen LogP contribution in [0.5, 0.6) is 0 Å². The summed E-state index contributed by atoms with van der Waals surface area (Å²) in [4.78, 5) is 16.8. The summed E-state index contributed by atoms with van der Waals surface area (Å²) in [5.41, 5.74) is 0.753. The molecule has 0 spiro atoms. The number of fused-ring (bicyclic) bond motifs is 1. The van der Waals surface area contributed by atoms with Crippen LogP contribution < -0.4 is 10.9 Å². The minimum absolute atomic E-state index is 0.0176. The number of ether oxygens (including phenoxy) is 1. The zero-order chi connectivity index (χ0) is 14.7. The summed E-state index contributed by atoms with van der Waals surface area (Å²) in [6.45, 7) is 3.28. The van der Waals surface area contributed by atoms with Gasteiger partial charge in [-0.15, -0.1) is 0 Å². The molecule has 0 radical (unpaired) electrons. The topological polar surface area (TPSA) is 56.2 Å². The second kappa shape index (κ2) is 6.68. The molecular weight excluding hydrogens is 334 g/mol. The van der Waals surface area contributed by atoms with E-state index in [1.165, 1.54) is 0 Å². The molecule has 1 aromatic carbocycles. The number of morpholine rings is 1. The summed E-state index contributed by atoms with van der Waals surface area (Å²) >= 11 is 3.40. The van der Waals surface area contributed by atoms with E-state index in [-0.39, 0.29) is 11.7 Å². The van der Waals surface area contributed by atoms with E-state index in [9.17, 15) is 4.79 Å². The van der Waals surface area contributed by atoms with Crippen molar-refractivity contribution in [3.05, 3.63) is 39.4 Å². The Morgan fingerprint density at radius 2 is 2.38 bits per heavy atom. The van der Waals surface area contributed by atoms with Crippen molar-refractivity contribution in [3.8, 4) is 0 Å². The maximum absolute atomic E-state index is 12.4. The third-order valence-electron chi connectivity index (χ3n) is 3.72. The van der Waals surface area contributed by atoms with Crippen LogP contribution in [0.3, 0.4) is 0 Å². The van der Waals surface area contributed by atoms with Gasteiger partial charge < -0.3 is 10.1 Å². The standard InChI is InChI=1S/C15H18BrN3O2/c16-11-3-4-14-13(8-11)15(20)19(10-18-14)6-1-2-12-9-17-5-7-21-12/h3-4,8,10,12,17H,1-2,5-7,9H2. The van der Waals surface area contributed by atoms with Gasteiger partial charge in [0.1, 0.15) is 0 Å². The van der Waals surface area contributed by atoms with Crippen LogP contribution in [0, 0.1) is 0 Å². The van der Waals surface area contributed by atoms with Crippen molar-refractivity contribution < 1.29 is 4.74 Å². The van der Waals surface area contributed by atoms with Crippen molar-refractivity contribution in [3.63, 3.8) is 0 Å². The molecule has 1 fully saturated rings. The Bertz CT molecular complexity index is 680.